The van der Waals surface area contributed by atoms with E-state index in [2.05, 4.69) is 5.32 Å². The van der Waals surface area contributed by atoms with Crippen molar-refractivity contribution in [1.29, 1.82) is 0 Å². The molecule has 1 aromatic carbocycles. The summed E-state index contributed by atoms with van der Waals surface area (Å²) >= 11 is 0. The second kappa shape index (κ2) is 6.80. The molecule has 2 saturated carbocycles. The first-order valence-corrected chi connectivity index (χ1v) is 8.43. The van der Waals surface area contributed by atoms with Crippen LogP contribution in [-0.4, -0.2) is 23.7 Å². The normalized spacial score (nSPS) is 30.8. The highest BCUT2D eigenvalue weighted by molar-refractivity contribution is 5.92. The lowest BCUT2D eigenvalue weighted by Gasteiger charge is -2.43. The van der Waals surface area contributed by atoms with Crippen LogP contribution in [0, 0.1) is 17.8 Å². The molecule has 22 heavy (non-hydrogen) atoms. The summed E-state index contributed by atoms with van der Waals surface area (Å²) in [5.41, 5.74) is 8.21. The van der Waals surface area contributed by atoms with Gasteiger partial charge in [0.25, 0.3) is 0 Å². The van der Waals surface area contributed by atoms with Crippen molar-refractivity contribution >= 4 is 11.6 Å². The van der Waals surface area contributed by atoms with E-state index in [0.717, 1.165) is 24.1 Å². The van der Waals surface area contributed by atoms with Crippen molar-refractivity contribution in [1.82, 2.24) is 0 Å². The van der Waals surface area contributed by atoms with Crippen molar-refractivity contribution in [2.75, 3.05) is 11.9 Å². The van der Waals surface area contributed by atoms with E-state index in [1.807, 2.05) is 24.3 Å². The first kappa shape index (κ1) is 15.5. The van der Waals surface area contributed by atoms with Gasteiger partial charge in [0.15, 0.2) is 0 Å². The van der Waals surface area contributed by atoms with Gasteiger partial charge >= 0.3 is 0 Å². The highest BCUT2D eigenvalue weighted by Crippen LogP contribution is 2.42. The number of anilines is 1. The molecular weight excluding hydrogens is 276 g/mol. The number of aliphatic hydroxyl groups is 1. The number of benzene rings is 1. The van der Waals surface area contributed by atoms with Crippen molar-refractivity contribution < 1.29 is 9.90 Å². The molecule has 2 bridgehead atoms. The molecule has 2 aliphatic rings. The Labute approximate surface area is 132 Å². The second-order valence-electron chi connectivity index (χ2n) is 6.86. The fourth-order valence-corrected chi connectivity index (χ4v) is 4.13. The minimum Gasteiger partial charge on any atom is -0.396 e. The maximum absolute atomic E-state index is 12.5. The number of nitrogens with one attached hydrogen (secondary N) is 1. The third-order valence-electron chi connectivity index (χ3n) is 5.41. The van der Waals surface area contributed by atoms with E-state index in [0.29, 0.717) is 24.3 Å². The minimum absolute atomic E-state index is 0.104. The van der Waals surface area contributed by atoms with Gasteiger partial charge in [-0.1, -0.05) is 18.6 Å². The Balaban J connectivity index is 1.60. The molecule has 120 valence electrons. The van der Waals surface area contributed by atoms with Gasteiger partial charge in [0.05, 0.1) is 0 Å². The molecule has 3 rings (SSSR count). The van der Waals surface area contributed by atoms with E-state index >= 15 is 0 Å². The molecule has 4 nitrogen and oxygen atoms in total. The summed E-state index contributed by atoms with van der Waals surface area (Å²) in [6.45, 7) is 0.150. The first-order chi connectivity index (χ1) is 10.7. The van der Waals surface area contributed by atoms with Crippen molar-refractivity contribution in [3.63, 3.8) is 0 Å². The van der Waals surface area contributed by atoms with Gasteiger partial charge in [-0.2, -0.15) is 0 Å². The van der Waals surface area contributed by atoms with E-state index < -0.39 is 0 Å². The largest absolute Gasteiger partial charge is 0.396 e. The zero-order valence-electron chi connectivity index (χ0n) is 13.0. The van der Waals surface area contributed by atoms with Gasteiger partial charge in [0.2, 0.25) is 5.91 Å². The average molecular weight is 302 g/mol. The standard InChI is InChI=1S/C18H26N2O2/c19-17-13-2-1-3-14(17)11-15(10-13)18(22)20-16-6-4-12(5-7-16)8-9-21/h4-7,13-15,17,21H,1-3,8-11,19H2,(H,20,22). The molecule has 2 atom stereocenters. The monoisotopic (exact) mass is 302 g/mol. The Hall–Kier alpha value is -1.39. The lowest BCUT2D eigenvalue weighted by Crippen LogP contribution is -2.48. The third-order valence-corrected chi connectivity index (χ3v) is 5.41. The SMILES string of the molecule is NC1C2CCCC1CC(C(=O)Nc1ccc(CCO)cc1)C2. The zero-order chi connectivity index (χ0) is 15.5. The Bertz CT molecular complexity index is 500. The number of nitrogens with two attached hydrogens (primary N) is 1. The van der Waals surface area contributed by atoms with E-state index in [-0.39, 0.29) is 18.4 Å². The van der Waals surface area contributed by atoms with Crippen LogP contribution in [0.15, 0.2) is 24.3 Å². The van der Waals surface area contributed by atoms with Gasteiger partial charge in [-0.3, -0.25) is 4.79 Å². The maximum atomic E-state index is 12.5. The number of aliphatic hydroxyl groups excluding tert-OH is 1. The van der Waals surface area contributed by atoms with Crippen LogP contribution in [0.2, 0.25) is 0 Å². The summed E-state index contributed by atoms with van der Waals surface area (Å²) in [6.07, 6.45) is 6.15. The van der Waals surface area contributed by atoms with Crippen LogP contribution in [0.3, 0.4) is 0 Å². The molecule has 0 heterocycles. The second-order valence-corrected chi connectivity index (χ2v) is 6.86. The summed E-state index contributed by atoms with van der Waals surface area (Å²) in [5.74, 6) is 1.29. The molecule has 1 amide bonds. The number of hydrogen-bond acceptors (Lipinski definition) is 3. The number of rotatable bonds is 4. The van der Waals surface area contributed by atoms with Crippen LogP contribution in [0.1, 0.15) is 37.7 Å². The average Bonchev–Trinajstić information content (AvgIpc) is 2.49. The van der Waals surface area contributed by atoms with Gasteiger partial charge < -0.3 is 16.2 Å². The van der Waals surface area contributed by atoms with Gasteiger partial charge in [0, 0.05) is 24.3 Å². The number of carbonyl (C=O) groups is 1. The van der Waals surface area contributed by atoms with E-state index in [1.54, 1.807) is 0 Å². The molecule has 2 unspecified atom stereocenters. The fourth-order valence-electron chi connectivity index (χ4n) is 4.13. The van der Waals surface area contributed by atoms with Crippen molar-refractivity contribution in [2.45, 2.75) is 44.6 Å². The minimum atomic E-state index is 0.104. The van der Waals surface area contributed by atoms with Crippen molar-refractivity contribution in [3.8, 4) is 0 Å². The van der Waals surface area contributed by atoms with E-state index in [4.69, 9.17) is 10.8 Å². The summed E-state index contributed by atoms with van der Waals surface area (Å²) < 4.78 is 0. The van der Waals surface area contributed by atoms with Crippen LogP contribution in [0.5, 0.6) is 0 Å². The molecule has 1 aromatic rings. The van der Waals surface area contributed by atoms with Crippen molar-refractivity contribution in [3.05, 3.63) is 29.8 Å². The van der Waals surface area contributed by atoms with Crippen LogP contribution >= 0.6 is 0 Å². The third kappa shape index (κ3) is 3.33. The number of hydrogen-bond donors (Lipinski definition) is 3. The summed E-state index contributed by atoms with van der Waals surface area (Å²) in [5, 5.41) is 12.0. The topological polar surface area (TPSA) is 75.4 Å². The molecule has 0 saturated heterocycles. The molecule has 2 fully saturated rings. The molecule has 0 spiro atoms. The highest BCUT2D eigenvalue weighted by atomic mass is 16.2. The number of carbonyl (C=O) groups excluding carboxylic acids is 1. The van der Waals surface area contributed by atoms with Crippen LogP contribution in [0.4, 0.5) is 5.69 Å². The molecule has 2 aliphatic carbocycles. The first-order valence-electron chi connectivity index (χ1n) is 8.43. The van der Waals surface area contributed by atoms with Gasteiger partial charge in [-0.05, 0) is 61.6 Å². The highest BCUT2D eigenvalue weighted by Gasteiger charge is 2.40. The van der Waals surface area contributed by atoms with Gasteiger partial charge in [-0.15, -0.1) is 0 Å². The Morgan fingerprint density at radius 1 is 1.18 bits per heavy atom. The van der Waals surface area contributed by atoms with Gasteiger partial charge in [-0.25, -0.2) is 0 Å². The summed E-state index contributed by atoms with van der Waals surface area (Å²) in [7, 11) is 0. The van der Waals surface area contributed by atoms with Crippen molar-refractivity contribution in [2.24, 2.45) is 23.5 Å². The quantitative estimate of drug-likeness (QED) is 0.799. The Morgan fingerprint density at radius 2 is 1.82 bits per heavy atom. The number of fused-ring (bicyclic) bond motifs is 2. The van der Waals surface area contributed by atoms with E-state index in [1.165, 1.54) is 19.3 Å². The molecular formula is C18H26N2O2. The lowest BCUT2D eigenvalue weighted by atomic mass is 9.65. The Morgan fingerprint density at radius 3 is 2.41 bits per heavy atom. The summed E-state index contributed by atoms with van der Waals surface area (Å²) in [4.78, 5) is 12.5. The predicted molar refractivity (Wildman–Crippen MR) is 87.4 cm³/mol. The zero-order valence-corrected chi connectivity index (χ0v) is 13.0. The smallest absolute Gasteiger partial charge is 0.227 e. The summed E-state index contributed by atoms with van der Waals surface area (Å²) in [6, 6.07) is 8.04. The number of amides is 1. The lowest BCUT2D eigenvalue weighted by molar-refractivity contribution is -0.122. The molecule has 4 heteroatoms. The Kier molecular flexibility index (Phi) is 4.79. The molecule has 0 radical (unpaired) electrons. The van der Waals surface area contributed by atoms with Crippen LogP contribution in [-0.2, 0) is 11.2 Å². The van der Waals surface area contributed by atoms with Crippen LogP contribution < -0.4 is 11.1 Å². The van der Waals surface area contributed by atoms with Gasteiger partial charge in [0.1, 0.15) is 0 Å². The maximum Gasteiger partial charge on any atom is 0.227 e. The molecule has 4 N–H and O–H groups in total. The predicted octanol–water partition coefficient (Wildman–Crippen LogP) is 2.31. The fraction of sp³-hybridized carbons (Fsp3) is 0.611. The molecule has 0 aliphatic heterocycles. The van der Waals surface area contributed by atoms with Crippen LogP contribution in [0.25, 0.3) is 0 Å². The molecule has 0 aromatic heterocycles. The van der Waals surface area contributed by atoms with E-state index in [9.17, 15) is 4.79 Å².